The van der Waals surface area contributed by atoms with Gasteiger partial charge in [0.25, 0.3) is 0 Å². The van der Waals surface area contributed by atoms with E-state index in [2.05, 4.69) is 81.4 Å². The van der Waals surface area contributed by atoms with Crippen LogP contribution >= 0.6 is 11.3 Å². The highest BCUT2D eigenvalue weighted by atomic mass is 32.1. The standard InChI is InChI=1S/C28H24N2S/c1-28(2,3)23-15-19(14-18-9-5-6-10-20(18)23)24-27-25(30-16-29-24)22-13-12-17-8-4-7-11-21(17)26(22)31-27/h4-11,14-16H,12-13H2,1-3H3. The van der Waals surface area contributed by atoms with Gasteiger partial charge in [0, 0.05) is 10.4 Å². The fourth-order valence-corrected chi connectivity index (χ4v) is 6.27. The van der Waals surface area contributed by atoms with E-state index in [4.69, 9.17) is 9.97 Å². The van der Waals surface area contributed by atoms with Gasteiger partial charge in [0.1, 0.15) is 6.33 Å². The molecule has 0 saturated carbocycles. The van der Waals surface area contributed by atoms with Crippen molar-refractivity contribution in [3.63, 3.8) is 0 Å². The van der Waals surface area contributed by atoms with Crippen molar-refractivity contribution >= 4 is 32.3 Å². The summed E-state index contributed by atoms with van der Waals surface area (Å²) in [6.07, 6.45) is 3.88. The van der Waals surface area contributed by atoms with E-state index < -0.39 is 0 Å². The van der Waals surface area contributed by atoms with Crippen molar-refractivity contribution in [2.75, 3.05) is 0 Å². The molecule has 31 heavy (non-hydrogen) atoms. The molecule has 0 bridgehead atoms. The summed E-state index contributed by atoms with van der Waals surface area (Å²) in [5.41, 5.74) is 8.97. The number of hydrogen-bond acceptors (Lipinski definition) is 3. The lowest BCUT2D eigenvalue weighted by Crippen LogP contribution is -2.12. The summed E-state index contributed by atoms with van der Waals surface area (Å²) < 4.78 is 1.21. The fourth-order valence-electron chi connectivity index (χ4n) is 4.90. The summed E-state index contributed by atoms with van der Waals surface area (Å²) in [7, 11) is 0. The predicted octanol–water partition coefficient (Wildman–Crippen LogP) is 7.57. The average Bonchev–Trinajstić information content (AvgIpc) is 3.17. The van der Waals surface area contributed by atoms with Crippen LogP contribution in [0.3, 0.4) is 0 Å². The molecule has 1 aliphatic carbocycles. The van der Waals surface area contributed by atoms with Crippen molar-refractivity contribution < 1.29 is 0 Å². The number of thiophene rings is 1. The molecule has 0 atom stereocenters. The van der Waals surface area contributed by atoms with Gasteiger partial charge in [0.15, 0.2) is 0 Å². The second-order valence-corrected chi connectivity index (χ2v) is 10.5. The normalized spacial score (nSPS) is 13.4. The van der Waals surface area contributed by atoms with Gasteiger partial charge in [-0.1, -0.05) is 69.3 Å². The minimum Gasteiger partial charge on any atom is -0.235 e. The molecule has 0 spiro atoms. The van der Waals surface area contributed by atoms with Crippen LogP contribution in [0, 0.1) is 0 Å². The summed E-state index contributed by atoms with van der Waals surface area (Å²) >= 11 is 1.86. The summed E-state index contributed by atoms with van der Waals surface area (Å²) in [5, 5.41) is 2.59. The highest BCUT2D eigenvalue weighted by molar-refractivity contribution is 7.23. The van der Waals surface area contributed by atoms with Gasteiger partial charge < -0.3 is 0 Å². The van der Waals surface area contributed by atoms with Gasteiger partial charge in [0.2, 0.25) is 0 Å². The molecular formula is C28H24N2S. The van der Waals surface area contributed by atoms with E-state index in [9.17, 15) is 0 Å². The van der Waals surface area contributed by atoms with Gasteiger partial charge in [-0.25, -0.2) is 9.97 Å². The van der Waals surface area contributed by atoms with Crippen LogP contribution in [0.5, 0.6) is 0 Å². The zero-order valence-corrected chi connectivity index (χ0v) is 18.9. The first kappa shape index (κ1) is 18.7. The van der Waals surface area contributed by atoms with E-state index in [1.807, 2.05) is 11.3 Å². The number of rotatable bonds is 1. The number of fused-ring (bicyclic) bond motifs is 6. The molecular weight excluding hydrogens is 396 g/mol. The van der Waals surface area contributed by atoms with E-state index in [0.717, 1.165) is 24.1 Å². The van der Waals surface area contributed by atoms with Crippen molar-refractivity contribution in [1.82, 2.24) is 9.97 Å². The predicted molar refractivity (Wildman–Crippen MR) is 132 cm³/mol. The van der Waals surface area contributed by atoms with Crippen LogP contribution in [0.4, 0.5) is 0 Å². The molecule has 0 fully saturated rings. The molecule has 6 rings (SSSR count). The quantitative estimate of drug-likeness (QED) is 0.279. The summed E-state index contributed by atoms with van der Waals surface area (Å²) in [6, 6.07) is 22.1. The van der Waals surface area contributed by atoms with Crippen LogP contribution in [0.1, 0.15) is 37.5 Å². The van der Waals surface area contributed by atoms with Crippen molar-refractivity contribution in [2.24, 2.45) is 0 Å². The molecule has 1 aliphatic rings. The highest BCUT2D eigenvalue weighted by Crippen LogP contribution is 2.46. The van der Waals surface area contributed by atoms with Gasteiger partial charge in [-0.3, -0.25) is 0 Å². The van der Waals surface area contributed by atoms with Crippen LogP contribution in [-0.2, 0) is 18.3 Å². The van der Waals surface area contributed by atoms with Gasteiger partial charge >= 0.3 is 0 Å². The number of hydrogen-bond donors (Lipinski definition) is 0. The van der Waals surface area contributed by atoms with Crippen LogP contribution in [-0.4, -0.2) is 9.97 Å². The molecule has 0 radical (unpaired) electrons. The van der Waals surface area contributed by atoms with Crippen LogP contribution in [0.2, 0.25) is 0 Å². The maximum Gasteiger partial charge on any atom is 0.116 e. The molecule has 2 heterocycles. The Kier molecular flexibility index (Phi) is 4.06. The molecule has 152 valence electrons. The molecule has 0 saturated heterocycles. The maximum atomic E-state index is 4.81. The van der Waals surface area contributed by atoms with Crippen LogP contribution in [0.25, 0.3) is 42.7 Å². The first-order chi connectivity index (χ1) is 15.0. The Bertz CT molecular complexity index is 1470. The topological polar surface area (TPSA) is 25.8 Å². The SMILES string of the molecule is CC(C)(C)c1cc(-c2ncnc3c4c(sc23)-c2ccccc2CC4)cc2ccccc12. The lowest BCUT2D eigenvalue weighted by Gasteiger charge is -2.22. The highest BCUT2D eigenvalue weighted by Gasteiger charge is 2.25. The zero-order chi connectivity index (χ0) is 21.2. The van der Waals surface area contributed by atoms with E-state index in [1.165, 1.54) is 48.2 Å². The fraction of sp³-hybridized carbons (Fsp3) is 0.214. The zero-order valence-electron chi connectivity index (χ0n) is 18.1. The summed E-state index contributed by atoms with van der Waals surface area (Å²) in [5.74, 6) is 0. The van der Waals surface area contributed by atoms with Crippen molar-refractivity contribution in [3.05, 3.63) is 83.7 Å². The van der Waals surface area contributed by atoms with E-state index >= 15 is 0 Å². The Hall–Kier alpha value is -3.04. The van der Waals surface area contributed by atoms with E-state index in [0.29, 0.717) is 0 Å². The van der Waals surface area contributed by atoms with E-state index in [-0.39, 0.29) is 5.41 Å². The number of aryl methyl sites for hydroxylation is 2. The Balaban J connectivity index is 1.64. The first-order valence-electron chi connectivity index (χ1n) is 10.9. The third-order valence-corrected chi connectivity index (χ3v) is 7.68. The Morgan fingerprint density at radius 1 is 0.871 bits per heavy atom. The van der Waals surface area contributed by atoms with Crippen molar-refractivity contribution in [1.29, 1.82) is 0 Å². The first-order valence-corrected chi connectivity index (χ1v) is 11.7. The van der Waals surface area contributed by atoms with Crippen LogP contribution < -0.4 is 0 Å². The average molecular weight is 421 g/mol. The monoisotopic (exact) mass is 420 g/mol. The molecule has 0 unspecified atom stereocenters. The number of aromatic nitrogens is 2. The lowest BCUT2D eigenvalue weighted by atomic mass is 9.82. The Morgan fingerprint density at radius 2 is 1.68 bits per heavy atom. The van der Waals surface area contributed by atoms with E-state index in [1.54, 1.807) is 6.33 Å². The summed E-state index contributed by atoms with van der Waals surface area (Å²) in [4.78, 5) is 10.9. The summed E-state index contributed by atoms with van der Waals surface area (Å²) in [6.45, 7) is 6.86. The molecule has 0 aliphatic heterocycles. The number of benzene rings is 3. The van der Waals surface area contributed by atoms with Crippen molar-refractivity contribution in [3.8, 4) is 21.7 Å². The third kappa shape index (κ3) is 2.91. The van der Waals surface area contributed by atoms with Gasteiger partial charge in [0.05, 0.1) is 15.9 Å². The van der Waals surface area contributed by atoms with Crippen LogP contribution in [0.15, 0.2) is 67.0 Å². The molecule has 5 aromatic rings. The minimum absolute atomic E-state index is 0.0510. The third-order valence-electron chi connectivity index (χ3n) is 6.42. The molecule has 0 amide bonds. The molecule has 2 nitrogen and oxygen atoms in total. The number of nitrogens with zero attached hydrogens (tertiary/aromatic N) is 2. The Morgan fingerprint density at radius 3 is 2.55 bits per heavy atom. The second kappa shape index (κ2) is 6.73. The molecule has 3 heteroatoms. The minimum atomic E-state index is 0.0510. The lowest BCUT2D eigenvalue weighted by molar-refractivity contribution is 0.596. The van der Waals surface area contributed by atoms with Gasteiger partial charge in [-0.15, -0.1) is 11.3 Å². The van der Waals surface area contributed by atoms with Gasteiger partial charge in [-0.05, 0) is 63.4 Å². The second-order valence-electron chi connectivity index (χ2n) is 9.46. The van der Waals surface area contributed by atoms with Gasteiger partial charge in [-0.2, -0.15) is 0 Å². The van der Waals surface area contributed by atoms with Crippen molar-refractivity contribution in [2.45, 2.75) is 39.0 Å². The molecule has 0 N–H and O–H groups in total. The molecule has 2 aromatic heterocycles. The smallest absolute Gasteiger partial charge is 0.116 e. The Labute approximate surface area is 186 Å². The molecule has 3 aromatic carbocycles. The largest absolute Gasteiger partial charge is 0.235 e. The maximum absolute atomic E-state index is 4.81.